The van der Waals surface area contributed by atoms with E-state index in [0.29, 0.717) is 26.1 Å². The van der Waals surface area contributed by atoms with Gasteiger partial charge in [0.05, 0.1) is 12.1 Å². The van der Waals surface area contributed by atoms with Crippen molar-refractivity contribution in [3.8, 4) is 0 Å². The molecule has 1 amide bonds. The van der Waals surface area contributed by atoms with E-state index in [0.717, 1.165) is 6.54 Å². The van der Waals surface area contributed by atoms with Crippen molar-refractivity contribution in [1.29, 1.82) is 0 Å². The summed E-state index contributed by atoms with van der Waals surface area (Å²) in [5.41, 5.74) is -0.767. The molecular weight excluding hydrogens is 196 g/mol. The summed E-state index contributed by atoms with van der Waals surface area (Å²) in [5, 5.41) is 13.1. The molecule has 0 aromatic rings. The number of rotatable bonds is 5. The molecule has 0 radical (unpaired) electrons. The maximum Gasteiger partial charge on any atom is 0.248 e. The van der Waals surface area contributed by atoms with Gasteiger partial charge in [0.1, 0.15) is 6.61 Å². The van der Waals surface area contributed by atoms with Gasteiger partial charge >= 0.3 is 0 Å². The highest BCUT2D eigenvalue weighted by Gasteiger charge is 2.33. The third-order valence-electron chi connectivity index (χ3n) is 2.61. The minimum absolute atomic E-state index is 0.0859. The van der Waals surface area contributed by atoms with E-state index < -0.39 is 5.60 Å². The van der Waals surface area contributed by atoms with Crippen molar-refractivity contribution in [2.24, 2.45) is 0 Å². The van der Waals surface area contributed by atoms with Gasteiger partial charge < -0.3 is 20.1 Å². The van der Waals surface area contributed by atoms with Crippen molar-refractivity contribution in [3.05, 3.63) is 0 Å². The van der Waals surface area contributed by atoms with Crippen molar-refractivity contribution >= 4 is 5.91 Å². The molecule has 0 saturated carbocycles. The van der Waals surface area contributed by atoms with E-state index in [4.69, 9.17) is 4.74 Å². The number of hydrogen-bond acceptors (Lipinski definition) is 4. The van der Waals surface area contributed by atoms with Crippen LogP contribution in [0, 0.1) is 0 Å². The third kappa shape index (κ3) is 3.77. The zero-order valence-electron chi connectivity index (χ0n) is 9.45. The summed E-state index contributed by atoms with van der Waals surface area (Å²) in [7, 11) is 1.69. The molecule has 2 N–H and O–H groups in total. The van der Waals surface area contributed by atoms with E-state index in [9.17, 15) is 9.90 Å². The summed E-state index contributed by atoms with van der Waals surface area (Å²) in [5.74, 6) is -0.0859. The molecule has 1 heterocycles. The standard InChI is InChI=1S/C10H20N2O3/c1-3-15-6-9(13)12(2)8-10(14)4-5-11-7-10/h11,14H,3-8H2,1-2H3. The number of nitrogens with one attached hydrogen (secondary N) is 1. The predicted octanol–water partition coefficient (Wildman–Crippen LogP) is -0.794. The number of nitrogens with zero attached hydrogens (tertiary/aromatic N) is 1. The molecule has 1 unspecified atom stereocenters. The second kappa shape index (κ2) is 5.44. The fraction of sp³-hybridized carbons (Fsp3) is 0.900. The first-order valence-electron chi connectivity index (χ1n) is 5.32. The molecule has 0 aromatic heterocycles. The molecule has 0 spiro atoms. The molecule has 0 aliphatic carbocycles. The summed E-state index contributed by atoms with van der Waals surface area (Å²) in [6, 6.07) is 0. The highest BCUT2D eigenvalue weighted by molar-refractivity contribution is 5.77. The Morgan fingerprint density at radius 2 is 2.40 bits per heavy atom. The topological polar surface area (TPSA) is 61.8 Å². The number of carbonyl (C=O) groups excluding carboxylic acids is 1. The number of hydrogen-bond donors (Lipinski definition) is 2. The van der Waals surface area contributed by atoms with E-state index in [1.807, 2.05) is 6.92 Å². The van der Waals surface area contributed by atoms with Crippen LogP contribution in [0.1, 0.15) is 13.3 Å². The zero-order chi connectivity index (χ0) is 11.3. The van der Waals surface area contributed by atoms with Gasteiger partial charge in [-0.05, 0) is 19.9 Å². The predicted molar refractivity (Wildman–Crippen MR) is 56.6 cm³/mol. The molecule has 1 aliphatic heterocycles. The molecule has 1 atom stereocenters. The number of carbonyl (C=O) groups is 1. The monoisotopic (exact) mass is 216 g/mol. The van der Waals surface area contributed by atoms with Gasteiger partial charge in [-0.3, -0.25) is 4.79 Å². The van der Waals surface area contributed by atoms with Crippen LogP contribution in [-0.2, 0) is 9.53 Å². The van der Waals surface area contributed by atoms with E-state index >= 15 is 0 Å². The van der Waals surface area contributed by atoms with Gasteiger partial charge in [-0.2, -0.15) is 0 Å². The lowest BCUT2D eigenvalue weighted by Crippen LogP contribution is -2.46. The maximum atomic E-state index is 11.5. The maximum absolute atomic E-state index is 11.5. The molecule has 1 rings (SSSR count). The molecule has 1 aliphatic rings. The Balaban J connectivity index is 2.33. The van der Waals surface area contributed by atoms with Gasteiger partial charge in [0.25, 0.3) is 0 Å². The molecule has 5 heteroatoms. The first kappa shape index (κ1) is 12.4. The number of ether oxygens (including phenoxy) is 1. The average Bonchev–Trinajstić information content (AvgIpc) is 2.61. The van der Waals surface area contributed by atoms with Crippen molar-refractivity contribution in [3.63, 3.8) is 0 Å². The Bertz CT molecular complexity index is 215. The summed E-state index contributed by atoms with van der Waals surface area (Å²) in [6.45, 7) is 4.21. The van der Waals surface area contributed by atoms with Crippen molar-refractivity contribution in [1.82, 2.24) is 10.2 Å². The average molecular weight is 216 g/mol. The fourth-order valence-corrected chi connectivity index (χ4v) is 1.69. The Kier molecular flexibility index (Phi) is 4.50. The van der Waals surface area contributed by atoms with E-state index in [1.165, 1.54) is 4.90 Å². The lowest BCUT2D eigenvalue weighted by Gasteiger charge is -2.27. The smallest absolute Gasteiger partial charge is 0.248 e. The first-order valence-corrected chi connectivity index (χ1v) is 5.32. The van der Waals surface area contributed by atoms with Crippen molar-refractivity contribution < 1.29 is 14.6 Å². The molecule has 0 bridgehead atoms. The largest absolute Gasteiger partial charge is 0.387 e. The minimum Gasteiger partial charge on any atom is -0.387 e. The summed E-state index contributed by atoms with van der Waals surface area (Å²) in [6.07, 6.45) is 0.694. The SMILES string of the molecule is CCOCC(=O)N(C)CC1(O)CCNC1. The zero-order valence-corrected chi connectivity index (χ0v) is 9.45. The van der Waals surface area contributed by atoms with Gasteiger partial charge in [0, 0.05) is 20.2 Å². The molecule has 88 valence electrons. The summed E-state index contributed by atoms with van der Waals surface area (Å²) in [4.78, 5) is 13.0. The quantitative estimate of drug-likeness (QED) is 0.632. The molecule has 1 saturated heterocycles. The molecule has 15 heavy (non-hydrogen) atoms. The second-order valence-electron chi connectivity index (χ2n) is 4.04. The van der Waals surface area contributed by atoms with E-state index in [-0.39, 0.29) is 12.5 Å². The molecular formula is C10H20N2O3. The van der Waals surface area contributed by atoms with Crippen LogP contribution in [0.2, 0.25) is 0 Å². The lowest BCUT2D eigenvalue weighted by molar-refractivity contribution is -0.137. The van der Waals surface area contributed by atoms with Gasteiger partial charge in [-0.25, -0.2) is 0 Å². The van der Waals surface area contributed by atoms with Crippen LogP contribution in [0.15, 0.2) is 0 Å². The van der Waals surface area contributed by atoms with Gasteiger partial charge in [-0.15, -0.1) is 0 Å². The lowest BCUT2D eigenvalue weighted by atomic mass is 10.0. The van der Waals surface area contributed by atoms with Gasteiger partial charge in [0.15, 0.2) is 0 Å². The normalized spacial score (nSPS) is 25.5. The molecule has 0 aromatic carbocycles. The Hall–Kier alpha value is -0.650. The highest BCUT2D eigenvalue weighted by atomic mass is 16.5. The first-order chi connectivity index (χ1) is 7.07. The van der Waals surface area contributed by atoms with Crippen LogP contribution in [0.5, 0.6) is 0 Å². The number of aliphatic hydroxyl groups is 1. The van der Waals surface area contributed by atoms with Crippen molar-refractivity contribution in [2.45, 2.75) is 18.9 Å². The van der Waals surface area contributed by atoms with E-state index in [1.54, 1.807) is 7.05 Å². The van der Waals surface area contributed by atoms with E-state index in [2.05, 4.69) is 5.32 Å². The van der Waals surface area contributed by atoms with Crippen LogP contribution in [-0.4, -0.2) is 61.4 Å². The Labute approximate surface area is 90.4 Å². The highest BCUT2D eigenvalue weighted by Crippen LogP contribution is 2.15. The van der Waals surface area contributed by atoms with Crippen LogP contribution in [0.3, 0.4) is 0 Å². The summed E-state index contributed by atoms with van der Waals surface area (Å²) >= 11 is 0. The molecule has 1 fully saturated rings. The number of likely N-dealkylation sites (N-methyl/N-ethyl adjacent to an activating group) is 1. The third-order valence-corrected chi connectivity index (χ3v) is 2.61. The van der Waals surface area contributed by atoms with Crippen molar-refractivity contribution in [2.75, 3.05) is 39.9 Å². The number of amides is 1. The van der Waals surface area contributed by atoms with Crippen LogP contribution in [0.25, 0.3) is 0 Å². The second-order valence-corrected chi connectivity index (χ2v) is 4.04. The summed E-state index contributed by atoms with van der Waals surface area (Å²) < 4.78 is 5.03. The van der Waals surface area contributed by atoms with Crippen LogP contribution >= 0.6 is 0 Å². The van der Waals surface area contributed by atoms with Crippen LogP contribution in [0.4, 0.5) is 0 Å². The minimum atomic E-state index is -0.767. The van der Waals surface area contributed by atoms with Crippen LogP contribution < -0.4 is 5.32 Å². The van der Waals surface area contributed by atoms with Gasteiger partial charge in [0.2, 0.25) is 5.91 Å². The van der Waals surface area contributed by atoms with Gasteiger partial charge in [-0.1, -0.05) is 0 Å². The number of β-amino-alcohol motifs (C(OH)–C–C–N with tert-alkyl or cyclic N) is 1. The Morgan fingerprint density at radius 1 is 1.67 bits per heavy atom. The fourth-order valence-electron chi connectivity index (χ4n) is 1.69. The Morgan fingerprint density at radius 3 is 2.93 bits per heavy atom. The molecule has 5 nitrogen and oxygen atoms in total.